The molecule has 0 amide bonds. The molecule has 0 radical (unpaired) electrons. The summed E-state index contributed by atoms with van der Waals surface area (Å²) >= 11 is 0. The average molecular weight is 213 g/mol. The lowest BCUT2D eigenvalue weighted by atomic mass is 9.98. The largest absolute Gasteiger partial charge is 0.367 e. The van der Waals surface area contributed by atoms with Crippen molar-refractivity contribution in [2.24, 2.45) is 11.3 Å². The maximum absolute atomic E-state index is 11.5. The molecule has 0 aliphatic carbocycles. The molecule has 0 N–H and O–H groups in total. The normalized spacial score (nSPS) is 22.8. The summed E-state index contributed by atoms with van der Waals surface area (Å²) in [7, 11) is 0. The predicted octanol–water partition coefficient (Wildman–Crippen LogP) is 1.40. The third-order valence-corrected chi connectivity index (χ3v) is 2.55. The quantitative estimate of drug-likeness (QED) is 0.695. The first-order chi connectivity index (χ1) is 6.80. The second-order valence-electron chi connectivity index (χ2n) is 5.11. The lowest BCUT2D eigenvalue weighted by Crippen LogP contribution is -2.32. The van der Waals surface area contributed by atoms with E-state index < -0.39 is 5.41 Å². The Bertz CT molecular complexity index is 267. The highest BCUT2D eigenvalue weighted by atomic mass is 16.7. The summed E-state index contributed by atoms with van der Waals surface area (Å²) < 4.78 is 0. The first kappa shape index (κ1) is 12.2. The molecule has 1 heterocycles. The van der Waals surface area contributed by atoms with E-state index in [2.05, 4.69) is 0 Å². The molecule has 15 heavy (non-hydrogen) atoms. The minimum absolute atomic E-state index is 0.0257. The molecule has 1 unspecified atom stereocenters. The molecule has 0 aromatic heterocycles. The number of hydrogen-bond acceptors (Lipinski definition) is 4. The monoisotopic (exact) mass is 213 g/mol. The van der Waals surface area contributed by atoms with Gasteiger partial charge in [0, 0.05) is 19.0 Å². The first-order valence-corrected chi connectivity index (χ1v) is 5.28. The highest BCUT2D eigenvalue weighted by Gasteiger charge is 2.31. The highest BCUT2D eigenvalue weighted by Crippen LogP contribution is 2.21. The van der Waals surface area contributed by atoms with Crippen LogP contribution in [0.5, 0.6) is 0 Å². The van der Waals surface area contributed by atoms with E-state index in [1.54, 1.807) is 12.0 Å². The van der Waals surface area contributed by atoms with Crippen LogP contribution in [0.3, 0.4) is 0 Å². The van der Waals surface area contributed by atoms with Crippen molar-refractivity contribution in [2.45, 2.75) is 34.1 Å². The summed E-state index contributed by atoms with van der Waals surface area (Å²) in [6.45, 7) is 8.22. The molecule has 1 fully saturated rings. The Morgan fingerprint density at radius 1 is 1.33 bits per heavy atom. The number of ketones is 1. The number of hydrogen-bond donors (Lipinski definition) is 0. The van der Waals surface area contributed by atoms with Gasteiger partial charge in [-0.1, -0.05) is 0 Å². The molecule has 1 saturated heterocycles. The van der Waals surface area contributed by atoms with Crippen molar-refractivity contribution in [2.75, 3.05) is 13.1 Å². The first-order valence-electron chi connectivity index (χ1n) is 5.28. The van der Waals surface area contributed by atoms with Crippen LogP contribution in [-0.2, 0) is 14.4 Å². The Labute approximate surface area is 90.5 Å². The minimum Gasteiger partial charge on any atom is -0.367 e. The Hall–Kier alpha value is -0.900. The van der Waals surface area contributed by atoms with Crippen LogP contribution < -0.4 is 0 Å². The van der Waals surface area contributed by atoms with Crippen molar-refractivity contribution < 1.29 is 14.4 Å². The number of hydroxylamine groups is 2. The van der Waals surface area contributed by atoms with Crippen molar-refractivity contribution in [3.05, 3.63) is 0 Å². The van der Waals surface area contributed by atoms with Gasteiger partial charge in [-0.25, -0.2) is 4.79 Å². The van der Waals surface area contributed by atoms with Gasteiger partial charge < -0.3 is 4.84 Å². The minimum atomic E-state index is -0.492. The second-order valence-corrected chi connectivity index (χ2v) is 5.11. The number of nitrogens with zero attached hydrogens (tertiary/aromatic N) is 1. The summed E-state index contributed by atoms with van der Waals surface area (Å²) in [5, 5.41) is 1.60. The molecular weight excluding hydrogens is 194 g/mol. The van der Waals surface area contributed by atoms with Crippen LogP contribution in [0.1, 0.15) is 34.1 Å². The lowest BCUT2D eigenvalue weighted by molar-refractivity contribution is -0.196. The average Bonchev–Trinajstić information content (AvgIpc) is 2.50. The fourth-order valence-electron chi connectivity index (χ4n) is 1.40. The number of Topliss-reactive ketones (excluding diaryl/α,β-unsaturated/α-hetero) is 1. The zero-order chi connectivity index (χ0) is 11.6. The smallest absolute Gasteiger partial charge is 0.330 e. The van der Waals surface area contributed by atoms with Gasteiger partial charge in [-0.05, 0) is 34.1 Å². The predicted molar refractivity (Wildman–Crippen MR) is 55.9 cm³/mol. The summed E-state index contributed by atoms with van der Waals surface area (Å²) in [5.74, 6) is -0.0474. The maximum Gasteiger partial charge on any atom is 0.330 e. The summed E-state index contributed by atoms with van der Waals surface area (Å²) in [6.07, 6.45) is 0.784. The van der Waals surface area contributed by atoms with Crippen LogP contribution in [0.15, 0.2) is 0 Å². The standard InChI is InChI=1S/C11H19NO3/c1-8(13)9-5-6-12(7-9)15-10(14)11(2,3)4/h9H,5-7H2,1-4H3. The van der Waals surface area contributed by atoms with Gasteiger partial charge >= 0.3 is 5.97 Å². The van der Waals surface area contributed by atoms with Gasteiger partial charge in [-0.15, -0.1) is 5.06 Å². The van der Waals surface area contributed by atoms with Crippen molar-refractivity contribution in [1.82, 2.24) is 5.06 Å². The third-order valence-electron chi connectivity index (χ3n) is 2.55. The molecule has 1 aliphatic heterocycles. The zero-order valence-corrected chi connectivity index (χ0v) is 9.87. The molecule has 86 valence electrons. The lowest BCUT2D eigenvalue weighted by Gasteiger charge is -2.21. The fraction of sp³-hybridized carbons (Fsp3) is 0.818. The second kappa shape index (κ2) is 4.31. The van der Waals surface area contributed by atoms with Crippen LogP contribution in [0, 0.1) is 11.3 Å². The zero-order valence-electron chi connectivity index (χ0n) is 9.87. The molecule has 4 nitrogen and oxygen atoms in total. The van der Waals surface area contributed by atoms with Crippen LogP contribution >= 0.6 is 0 Å². The Balaban J connectivity index is 2.43. The van der Waals surface area contributed by atoms with Gasteiger partial charge in [0.15, 0.2) is 0 Å². The number of carbonyl (C=O) groups excluding carboxylic acids is 2. The van der Waals surface area contributed by atoms with E-state index in [4.69, 9.17) is 4.84 Å². The summed E-state index contributed by atoms with van der Waals surface area (Å²) in [5.41, 5.74) is -0.492. The molecule has 1 rings (SSSR count). The van der Waals surface area contributed by atoms with Crippen molar-refractivity contribution in [3.8, 4) is 0 Å². The molecule has 0 saturated carbocycles. The Morgan fingerprint density at radius 2 is 1.93 bits per heavy atom. The van der Waals surface area contributed by atoms with E-state index in [1.807, 2.05) is 20.8 Å². The van der Waals surface area contributed by atoms with E-state index in [1.165, 1.54) is 0 Å². The molecule has 0 aromatic carbocycles. The van der Waals surface area contributed by atoms with Crippen LogP contribution in [0.4, 0.5) is 0 Å². The van der Waals surface area contributed by atoms with E-state index in [0.717, 1.165) is 6.42 Å². The van der Waals surface area contributed by atoms with E-state index in [9.17, 15) is 9.59 Å². The van der Waals surface area contributed by atoms with Crippen molar-refractivity contribution in [1.29, 1.82) is 0 Å². The van der Waals surface area contributed by atoms with Crippen molar-refractivity contribution >= 4 is 11.8 Å². The van der Waals surface area contributed by atoms with Gasteiger partial charge in [0.05, 0.1) is 5.41 Å². The molecule has 0 spiro atoms. The van der Waals surface area contributed by atoms with E-state index in [-0.39, 0.29) is 17.7 Å². The number of rotatable bonds is 2. The van der Waals surface area contributed by atoms with Gasteiger partial charge in [0.1, 0.15) is 5.78 Å². The Kier molecular flexibility index (Phi) is 3.50. The third kappa shape index (κ3) is 3.30. The molecular formula is C11H19NO3. The highest BCUT2D eigenvalue weighted by molar-refractivity contribution is 5.79. The summed E-state index contributed by atoms with van der Waals surface area (Å²) in [6, 6.07) is 0. The summed E-state index contributed by atoms with van der Waals surface area (Å²) in [4.78, 5) is 27.9. The van der Waals surface area contributed by atoms with Crippen molar-refractivity contribution in [3.63, 3.8) is 0 Å². The van der Waals surface area contributed by atoms with Gasteiger partial charge in [0.25, 0.3) is 0 Å². The Morgan fingerprint density at radius 3 is 2.33 bits per heavy atom. The molecule has 0 bridgehead atoms. The SMILES string of the molecule is CC(=O)C1CCN(OC(=O)C(C)(C)C)C1. The topological polar surface area (TPSA) is 46.6 Å². The molecule has 1 atom stereocenters. The molecule has 4 heteroatoms. The van der Waals surface area contributed by atoms with Gasteiger partial charge in [-0.3, -0.25) is 4.79 Å². The van der Waals surface area contributed by atoms with E-state index >= 15 is 0 Å². The number of carbonyl (C=O) groups is 2. The van der Waals surface area contributed by atoms with Crippen LogP contribution in [-0.4, -0.2) is 29.9 Å². The van der Waals surface area contributed by atoms with Crippen LogP contribution in [0.2, 0.25) is 0 Å². The fourth-order valence-corrected chi connectivity index (χ4v) is 1.40. The maximum atomic E-state index is 11.5. The molecule has 1 aliphatic rings. The van der Waals surface area contributed by atoms with Crippen LogP contribution in [0.25, 0.3) is 0 Å². The molecule has 0 aromatic rings. The van der Waals surface area contributed by atoms with Gasteiger partial charge in [-0.2, -0.15) is 0 Å². The van der Waals surface area contributed by atoms with Gasteiger partial charge in [0.2, 0.25) is 0 Å². The van der Waals surface area contributed by atoms with E-state index in [0.29, 0.717) is 13.1 Å².